The Morgan fingerprint density at radius 2 is 1.04 bits per heavy atom. The van der Waals surface area contributed by atoms with E-state index < -0.39 is 0 Å². The summed E-state index contributed by atoms with van der Waals surface area (Å²) in [6.45, 7) is 14.7. The second-order valence-electron chi connectivity index (χ2n) is 8.68. The molecule has 3 heteroatoms. The van der Waals surface area contributed by atoms with E-state index in [4.69, 9.17) is 0 Å². The monoisotopic (exact) mass is 381 g/mol. The summed E-state index contributed by atoms with van der Waals surface area (Å²) in [4.78, 5) is 5.43. The van der Waals surface area contributed by atoms with Crippen LogP contribution < -0.4 is 5.32 Å². The zero-order valence-electron chi connectivity index (χ0n) is 19.0. The van der Waals surface area contributed by atoms with E-state index in [1.165, 1.54) is 142 Å². The van der Waals surface area contributed by atoms with Gasteiger partial charge in [0, 0.05) is 39.3 Å². The average molecular weight is 382 g/mol. The molecule has 0 saturated carbocycles. The highest BCUT2D eigenvalue weighted by molar-refractivity contribution is 4.70. The van der Waals surface area contributed by atoms with Crippen molar-refractivity contribution < 1.29 is 0 Å². The van der Waals surface area contributed by atoms with Crippen molar-refractivity contribution >= 4 is 0 Å². The Hall–Kier alpha value is -0.120. The van der Waals surface area contributed by atoms with Crippen molar-refractivity contribution in [1.29, 1.82) is 0 Å². The van der Waals surface area contributed by atoms with Gasteiger partial charge in [-0.3, -0.25) is 4.90 Å². The Bertz CT molecular complexity index is 271. The summed E-state index contributed by atoms with van der Waals surface area (Å²) in [5.41, 5.74) is 0. The van der Waals surface area contributed by atoms with Gasteiger partial charge in [0.25, 0.3) is 0 Å². The van der Waals surface area contributed by atoms with Gasteiger partial charge < -0.3 is 10.2 Å². The quantitative estimate of drug-likeness (QED) is 0.290. The number of nitrogens with zero attached hydrogens (tertiary/aromatic N) is 2. The van der Waals surface area contributed by atoms with E-state index in [-0.39, 0.29) is 0 Å². The molecule has 1 heterocycles. The molecule has 1 saturated heterocycles. The number of piperazine rings is 1. The summed E-state index contributed by atoms with van der Waals surface area (Å²) in [5, 5.41) is 3.47. The molecule has 0 aliphatic carbocycles. The van der Waals surface area contributed by atoms with Crippen LogP contribution in [0.2, 0.25) is 0 Å². The van der Waals surface area contributed by atoms with Gasteiger partial charge >= 0.3 is 0 Å². The molecule has 0 bridgehead atoms. The van der Waals surface area contributed by atoms with Gasteiger partial charge in [-0.2, -0.15) is 0 Å². The molecule has 0 radical (unpaired) electrons. The molecule has 0 unspecified atom stereocenters. The van der Waals surface area contributed by atoms with Crippen LogP contribution in [-0.2, 0) is 0 Å². The Kier molecular flexibility index (Phi) is 17.7. The highest BCUT2D eigenvalue weighted by Gasteiger charge is 2.11. The van der Waals surface area contributed by atoms with Gasteiger partial charge in [-0.05, 0) is 25.9 Å². The van der Waals surface area contributed by atoms with Crippen LogP contribution >= 0.6 is 0 Å². The van der Waals surface area contributed by atoms with E-state index in [1.807, 2.05) is 0 Å². The fourth-order valence-electron chi connectivity index (χ4n) is 4.14. The van der Waals surface area contributed by atoms with Crippen LogP contribution in [0.1, 0.15) is 104 Å². The van der Waals surface area contributed by atoms with Gasteiger partial charge in [-0.15, -0.1) is 0 Å². The van der Waals surface area contributed by atoms with E-state index in [0.29, 0.717) is 0 Å². The zero-order valence-corrected chi connectivity index (χ0v) is 19.0. The smallest absolute Gasteiger partial charge is 0.0110 e. The van der Waals surface area contributed by atoms with Crippen molar-refractivity contribution in [2.75, 3.05) is 52.4 Å². The molecule has 0 aromatic heterocycles. The maximum Gasteiger partial charge on any atom is 0.0110 e. The predicted octanol–water partition coefficient (Wildman–Crippen LogP) is 5.69. The molecule has 162 valence electrons. The number of rotatable bonds is 19. The molecule has 0 spiro atoms. The van der Waals surface area contributed by atoms with Crippen LogP contribution in [0.4, 0.5) is 0 Å². The third-order valence-electron chi connectivity index (χ3n) is 6.10. The SMILES string of the molecule is CCCCCCCCCN(CCCCCCCCC)CCN1CCNCC1. The van der Waals surface area contributed by atoms with Crippen LogP contribution in [-0.4, -0.2) is 62.2 Å². The fraction of sp³-hybridized carbons (Fsp3) is 1.00. The third-order valence-corrected chi connectivity index (χ3v) is 6.10. The maximum absolute atomic E-state index is 3.47. The summed E-state index contributed by atoms with van der Waals surface area (Å²) in [6.07, 6.45) is 19.9. The molecule has 1 fully saturated rings. The van der Waals surface area contributed by atoms with Crippen molar-refractivity contribution in [2.45, 2.75) is 104 Å². The minimum absolute atomic E-state index is 1.18. The van der Waals surface area contributed by atoms with Crippen LogP contribution in [0.15, 0.2) is 0 Å². The topological polar surface area (TPSA) is 18.5 Å². The predicted molar refractivity (Wildman–Crippen MR) is 122 cm³/mol. The first-order valence-corrected chi connectivity index (χ1v) is 12.5. The van der Waals surface area contributed by atoms with Crippen LogP contribution in [0.5, 0.6) is 0 Å². The zero-order chi connectivity index (χ0) is 19.4. The normalized spacial score (nSPS) is 15.7. The first-order chi connectivity index (χ1) is 13.4. The number of hydrogen-bond acceptors (Lipinski definition) is 3. The Balaban J connectivity index is 2.13. The molecule has 0 atom stereocenters. The molecule has 27 heavy (non-hydrogen) atoms. The van der Waals surface area contributed by atoms with Crippen molar-refractivity contribution in [2.24, 2.45) is 0 Å². The van der Waals surface area contributed by atoms with Gasteiger partial charge in [0.05, 0.1) is 0 Å². The van der Waals surface area contributed by atoms with Crippen molar-refractivity contribution in [1.82, 2.24) is 15.1 Å². The molecule has 1 rings (SSSR count). The van der Waals surface area contributed by atoms with Gasteiger partial charge in [-0.25, -0.2) is 0 Å². The lowest BCUT2D eigenvalue weighted by Gasteiger charge is -2.30. The largest absolute Gasteiger partial charge is 0.314 e. The van der Waals surface area contributed by atoms with Crippen molar-refractivity contribution in [3.05, 3.63) is 0 Å². The molecule has 1 N–H and O–H groups in total. The number of nitrogens with one attached hydrogen (secondary N) is 1. The molecule has 1 aliphatic rings. The Morgan fingerprint density at radius 3 is 1.52 bits per heavy atom. The van der Waals surface area contributed by atoms with Gasteiger partial charge in [0.2, 0.25) is 0 Å². The molecule has 0 aromatic carbocycles. The lowest BCUT2D eigenvalue weighted by Crippen LogP contribution is -2.46. The lowest BCUT2D eigenvalue weighted by molar-refractivity contribution is 0.184. The summed E-state index contributed by atoms with van der Waals surface area (Å²) in [6, 6.07) is 0. The van der Waals surface area contributed by atoms with E-state index in [2.05, 4.69) is 29.0 Å². The second-order valence-corrected chi connectivity index (χ2v) is 8.68. The first-order valence-electron chi connectivity index (χ1n) is 12.5. The van der Waals surface area contributed by atoms with E-state index in [9.17, 15) is 0 Å². The Labute approximate surface area is 171 Å². The molecular weight excluding hydrogens is 330 g/mol. The van der Waals surface area contributed by atoms with Gasteiger partial charge in [-0.1, -0.05) is 90.9 Å². The lowest BCUT2D eigenvalue weighted by atomic mass is 10.1. The maximum atomic E-state index is 3.47. The molecule has 0 aromatic rings. The van der Waals surface area contributed by atoms with Gasteiger partial charge in [0.15, 0.2) is 0 Å². The summed E-state index contributed by atoms with van der Waals surface area (Å²) in [7, 11) is 0. The van der Waals surface area contributed by atoms with E-state index >= 15 is 0 Å². The molecule has 3 nitrogen and oxygen atoms in total. The molecule has 1 aliphatic heterocycles. The summed E-state index contributed by atoms with van der Waals surface area (Å²) >= 11 is 0. The summed E-state index contributed by atoms with van der Waals surface area (Å²) < 4.78 is 0. The number of hydrogen-bond donors (Lipinski definition) is 1. The molecule has 0 amide bonds. The van der Waals surface area contributed by atoms with Gasteiger partial charge in [0.1, 0.15) is 0 Å². The minimum atomic E-state index is 1.18. The van der Waals surface area contributed by atoms with Crippen molar-refractivity contribution in [3.8, 4) is 0 Å². The van der Waals surface area contributed by atoms with Crippen LogP contribution in [0.3, 0.4) is 0 Å². The van der Waals surface area contributed by atoms with Crippen LogP contribution in [0, 0.1) is 0 Å². The highest BCUT2D eigenvalue weighted by atomic mass is 15.2. The van der Waals surface area contributed by atoms with Crippen LogP contribution in [0.25, 0.3) is 0 Å². The van der Waals surface area contributed by atoms with E-state index in [0.717, 1.165) is 0 Å². The average Bonchev–Trinajstić information content (AvgIpc) is 2.70. The second kappa shape index (κ2) is 19.2. The third kappa shape index (κ3) is 15.5. The van der Waals surface area contributed by atoms with Crippen molar-refractivity contribution in [3.63, 3.8) is 0 Å². The number of unbranched alkanes of at least 4 members (excludes halogenated alkanes) is 12. The first kappa shape index (κ1) is 24.9. The summed E-state index contributed by atoms with van der Waals surface area (Å²) in [5.74, 6) is 0. The standard InChI is InChI=1S/C24H51N3/c1-3-5-7-9-11-13-15-19-26(20-16-14-12-10-8-6-4-2)23-24-27-21-17-25-18-22-27/h25H,3-24H2,1-2H3. The fourth-order valence-corrected chi connectivity index (χ4v) is 4.14. The van der Waals surface area contributed by atoms with E-state index in [1.54, 1.807) is 0 Å². The molecular formula is C24H51N3. The highest BCUT2D eigenvalue weighted by Crippen LogP contribution is 2.10. The minimum Gasteiger partial charge on any atom is -0.314 e. The Morgan fingerprint density at radius 1 is 0.593 bits per heavy atom.